The lowest BCUT2D eigenvalue weighted by Gasteiger charge is -2.24. The zero-order valence-electron chi connectivity index (χ0n) is 11.7. The fourth-order valence-electron chi connectivity index (χ4n) is 1.74. The highest BCUT2D eigenvalue weighted by Crippen LogP contribution is 2.21. The lowest BCUT2D eigenvalue weighted by Crippen LogP contribution is -2.37. The number of carbonyl (C=O) groups excluding carboxylic acids is 1. The second kappa shape index (κ2) is 6.52. The molecule has 1 aromatic carbocycles. The van der Waals surface area contributed by atoms with E-state index in [1.807, 2.05) is 13.8 Å². The molecule has 0 radical (unpaired) electrons. The van der Waals surface area contributed by atoms with Gasteiger partial charge < -0.3 is 14.8 Å². The normalized spacial score (nSPS) is 11.2. The van der Waals surface area contributed by atoms with Crippen molar-refractivity contribution in [2.45, 2.75) is 13.8 Å². The molecule has 0 aliphatic heterocycles. The smallest absolute Gasteiger partial charge is 0.258 e. The molecular formula is C14H20FNO3. The number of carbonyl (C=O) groups is 1. The highest BCUT2D eigenvalue weighted by molar-refractivity contribution is 5.97. The molecule has 1 rings (SSSR count). The molecule has 1 aromatic rings. The number of methoxy groups -OCH3 is 2. The Morgan fingerprint density at radius 3 is 2.63 bits per heavy atom. The van der Waals surface area contributed by atoms with Gasteiger partial charge in [0.05, 0.1) is 13.7 Å². The van der Waals surface area contributed by atoms with Crippen LogP contribution in [-0.4, -0.2) is 33.3 Å². The largest absolute Gasteiger partial charge is 0.496 e. The Hall–Kier alpha value is -1.62. The van der Waals surface area contributed by atoms with E-state index in [0.29, 0.717) is 13.2 Å². The molecule has 1 amide bonds. The molecule has 0 fully saturated rings. The Labute approximate surface area is 112 Å². The third-order valence-electron chi connectivity index (χ3n) is 2.68. The number of halogens is 1. The van der Waals surface area contributed by atoms with Gasteiger partial charge in [-0.1, -0.05) is 19.9 Å². The summed E-state index contributed by atoms with van der Waals surface area (Å²) in [5.41, 5.74) is -0.290. The zero-order chi connectivity index (χ0) is 14.5. The first-order valence-corrected chi connectivity index (χ1v) is 6.01. The number of ether oxygens (including phenoxy) is 2. The molecule has 0 aromatic heterocycles. The maximum absolute atomic E-state index is 13.7. The molecular weight excluding hydrogens is 249 g/mol. The van der Waals surface area contributed by atoms with Crippen molar-refractivity contribution in [1.82, 2.24) is 5.32 Å². The van der Waals surface area contributed by atoms with E-state index >= 15 is 0 Å². The fraction of sp³-hybridized carbons (Fsp3) is 0.500. The van der Waals surface area contributed by atoms with Crippen LogP contribution in [0.15, 0.2) is 18.2 Å². The molecule has 5 heteroatoms. The lowest BCUT2D eigenvalue weighted by molar-refractivity contribution is 0.0841. The summed E-state index contributed by atoms with van der Waals surface area (Å²) in [6.07, 6.45) is 0. The molecule has 106 valence electrons. The van der Waals surface area contributed by atoms with Crippen LogP contribution in [0.3, 0.4) is 0 Å². The highest BCUT2D eigenvalue weighted by atomic mass is 19.1. The first-order chi connectivity index (χ1) is 8.91. The van der Waals surface area contributed by atoms with E-state index in [9.17, 15) is 9.18 Å². The van der Waals surface area contributed by atoms with Crippen molar-refractivity contribution in [2.75, 3.05) is 27.4 Å². The Bertz CT molecular complexity index is 446. The number of hydrogen-bond donors (Lipinski definition) is 1. The summed E-state index contributed by atoms with van der Waals surface area (Å²) >= 11 is 0. The molecule has 0 bridgehead atoms. The second-order valence-electron chi connectivity index (χ2n) is 5.10. The van der Waals surface area contributed by atoms with Gasteiger partial charge in [-0.2, -0.15) is 0 Å². The summed E-state index contributed by atoms with van der Waals surface area (Å²) in [6.45, 7) is 4.80. The average Bonchev–Trinajstić information content (AvgIpc) is 2.35. The van der Waals surface area contributed by atoms with Crippen LogP contribution in [0.4, 0.5) is 4.39 Å². The second-order valence-corrected chi connectivity index (χ2v) is 5.10. The number of rotatable bonds is 6. The van der Waals surface area contributed by atoms with Gasteiger partial charge >= 0.3 is 0 Å². The Morgan fingerprint density at radius 2 is 2.05 bits per heavy atom. The first kappa shape index (κ1) is 15.4. The van der Waals surface area contributed by atoms with E-state index in [0.717, 1.165) is 0 Å². The summed E-state index contributed by atoms with van der Waals surface area (Å²) in [7, 11) is 3.00. The molecule has 0 aliphatic rings. The van der Waals surface area contributed by atoms with E-state index in [2.05, 4.69) is 5.32 Å². The first-order valence-electron chi connectivity index (χ1n) is 6.01. The van der Waals surface area contributed by atoms with Crippen LogP contribution in [0.1, 0.15) is 24.2 Å². The van der Waals surface area contributed by atoms with Crippen molar-refractivity contribution in [1.29, 1.82) is 0 Å². The zero-order valence-corrected chi connectivity index (χ0v) is 11.7. The van der Waals surface area contributed by atoms with Gasteiger partial charge in [0, 0.05) is 19.1 Å². The molecule has 0 unspecified atom stereocenters. The van der Waals surface area contributed by atoms with Crippen LogP contribution in [0.5, 0.6) is 5.75 Å². The molecule has 0 heterocycles. The SMILES string of the molecule is COCC(C)(C)CNC(=O)c1c(F)cccc1OC. The van der Waals surface area contributed by atoms with Gasteiger partial charge in [0.15, 0.2) is 0 Å². The number of benzene rings is 1. The van der Waals surface area contributed by atoms with Crippen LogP contribution in [0, 0.1) is 11.2 Å². The summed E-state index contributed by atoms with van der Waals surface area (Å²) in [5.74, 6) is -0.859. The van der Waals surface area contributed by atoms with E-state index in [-0.39, 0.29) is 16.7 Å². The van der Waals surface area contributed by atoms with Gasteiger partial charge in [0.25, 0.3) is 5.91 Å². The quantitative estimate of drug-likeness (QED) is 0.861. The van der Waals surface area contributed by atoms with Gasteiger partial charge in [-0.05, 0) is 12.1 Å². The molecule has 0 saturated carbocycles. The van der Waals surface area contributed by atoms with Crippen LogP contribution < -0.4 is 10.1 Å². The van der Waals surface area contributed by atoms with E-state index in [4.69, 9.17) is 9.47 Å². The van der Waals surface area contributed by atoms with Crippen LogP contribution in [0.2, 0.25) is 0 Å². The fourth-order valence-corrected chi connectivity index (χ4v) is 1.74. The summed E-state index contributed by atoms with van der Waals surface area (Å²) in [6, 6.07) is 4.29. The maximum atomic E-state index is 13.7. The van der Waals surface area contributed by atoms with Crippen LogP contribution in [-0.2, 0) is 4.74 Å². The van der Waals surface area contributed by atoms with Gasteiger partial charge in [0.1, 0.15) is 17.1 Å². The third kappa shape index (κ3) is 4.21. The third-order valence-corrected chi connectivity index (χ3v) is 2.68. The average molecular weight is 269 g/mol. The van der Waals surface area contributed by atoms with Crippen molar-refractivity contribution in [3.63, 3.8) is 0 Å². The molecule has 0 aliphatic carbocycles. The molecule has 19 heavy (non-hydrogen) atoms. The standard InChI is InChI=1S/C14H20FNO3/c1-14(2,9-18-3)8-16-13(17)12-10(15)6-5-7-11(12)19-4/h5-7H,8-9H2,1-4H3,(H,16,17). The van der Waals surface area contributed by atoms with Gasteiger partial charge in [-0.15, -0.1) is 0 Å². The Balaban J connectivity index is 2.79. The molecule has 0 saturated heterocycles. The van der Waals surface area contributed by atoms with Crippen molar-refractivity contribution < 1.29 is 18.7 Å². The minimum absolute atomic E-state index is 0.0711. The predicted octanol–water partition coefficient (Wildman–Crippen LogP) is 2.24. The predicted molar refractivity (Wildman–Crippen MR) is 70.9 cm³/mol. The Kier molecular flexibility index (Phi) is 5.30. The summed E-state index contributed by atoms with van der Waals surface area (Å²) in [5, 5.41) is 2.70. The van der Waals surface area contributed by atoms with Crippen molar-refractivity contribution in [3.8, 4) is 5.75 Å². The summed E-state index contributed by atoms with van der Waals surface area (Å²) < 4.78 is 23.8. The molecule has 0 atom stereocenters. The van der Waals surface area contributed by atoms with Crippen molar-refractivity contribution in [3.05, 3.63) is 29.6 Å². The van der Waals surface area contributed by atoms with Crippen LogP contribution in [0.25, 0.3) is 0 Å². The number of amides is 1. The summed E-state index contributed by atoms with van der Waals surface area (Å²) in [4.78, 5) is 12.0. The molecule has 0 spiro atoms. The van der Waals surface area contributed by atoms with Crippen molar-refractivity contribution in [2.24, 2.45) is 5.41 Å². The molecule has 4 nitrogen and oxygen atoms in total. The van der Waals surface area contributed by atoms with E-state index in [1.165, 1.54) is 19.2 Å². The topological polar surface area (TPSA) is 47.6 Å². The highest BCUT2D eigenvalue weighted by Gasteiger charge is 2.22. The number of hydrogen-bond acceptors (Lipinski definition) is 3. The minimum atomic E-state index is -0.596. The number of nitrogens with one attached hydrogen (secondary N) is 1. The van der Waals surface area contributed by atoms with Gasteiger partial charge in [0.2, 0.25) is 0 Å². The van der Waals surface area contributed by atoms with E-state index in [1.54, 1.807) is 13.2 Å². The minimum Gasteiger partial charge on any atom is -0.496 e. The van der Waals surface area contributed by atoms with E-state index < -0.39 is 11.7 Å². The van der Waals surface area contributed by atoms with Crippen molar-refractivity contribution >= 4 is 5.91 Å². The maximum Gasteiger partial charge on any atom is 0.258 e. The molecule has 1 N–H and O–H groups in total. The Morgan fingerprint density at radius 1 is 1.37 bits per heavy atom. The van der Waals surface area contributed by atoms with Crippen LogP contribution >= 0.6 is 0 Å². The van der Waals surface area contributed by atoms with Gasteiger partial charge in [-0.3, -0.25) is 4.79 Å². The monoisotopic (exact) mass is 269 g/mol. The van der Waals surface area contributed by atoms with Gasteiger partial charge in [-0.25, -0.2) is 4.39 Å². The lowest BCUT2D eigenvalue weighted by atomic mass is 9.94.